The number of aryl methyl sites for hydroxylation is 1. The number of carbonyl (C=O) groups is 2. The van der Waals surface area contributed by atoms with Gasteiger partial charge in [0.05, 0.1) is 5.25 Å². The van der Waals surface area contributed by atoms with Gasteiger partial charge in [-0.15, -0.1) is 11.8 Å². The van der Waals surface area contributed by atoms with E-state index in [-0.39, 0.29) is 23.7 Å². The van der Waals surface area contributed by atoms with Crippen LogP contribution in [0.15, 0.2) is 24.3 Å². The number of para-hydroxylation sites is 1. The summed E-state index contributed by atoms with van der Waals surface area (Å²) in [6.45, 7) is 5.84. The lowest BCUT2D eigenvalue weighted by Gasteiger charge is -2.13. The minimum atomic E-state index is -0.380. The third-order valence-corrected chi connectivity index (χ3v) is 4.51. The topological polar surface area (TPSA) is 67.4 Å². The number of benzene rings is 1. The second-order valence-electron chi connectivity index (χ2n) is 5.15. The van der Waals surface area contributed by atoms with Crippen LogP contribution in [0.4, 0.5) is 0 Å². The molecular formula is C17H26N2O3S. The number of nitrogens with one attached hydrogen (secondary N) is 2. The SMILES string of the molecule is CCCCSC(C)C(=O)NNC(=O)COc1ccccc1CC. The first-order chi connectivity index (χ1) is 11.1. The average molecular weight is 338 g/mol. The minimum Gasteiger partial charge on any atom is -0.483 e. The average Bonchev–Trinajstić information content (AvgIpc) is 2.58. The summed E-state index contributed by atoms with van der Waals surface area (Å²) in [4.78, 5) is 23.6. The Balaban J connectivity index is 2.30. The summed E-state index contributed by atoms with van der Waals surface area (Å²) < 4.78 is 5.49. The van der Waals surface area contributed by atoms with Crippen molar-refractivity contribution < 1.29 is 14.3 Å². The number of carbonyl (C=O) groups excluding carboxylic acids is 2. The van der Waals surface area contributed by atoms with E-state index < -0.39 is 0 Å². The highest BCUT2D eigenvalue weighted by atomic mass is 32.2. The van der Waals surface area contributed by atoms with Gasteiger partial charge in [0.1, 0.15) is 5.75 Å². The number of amides is 2. The molecule has 0 fully saturated rings. The van der Waals surface area contributed by atoms with E-state index in [0.29, 0.717) is 5.75 Å². The first-order valence-corrected chi connectivity index (χ1v) is 9.04. The van der Waals surface area contributed by atoms with E-state index in [4.69, 9.17) is 4.74 Å². The van der Waals surface area contributed by atoms with Crippen molar-refractivity contribution in [2.24, 2.45) is 0 Å². The van der Waals surface area contributed by atoms with Crippen LogP contribution in [0, 0.1) is 0 Å². The molecule has 6 heteroatoms. The van der Waals surface area contributed by atoms with Crippen LogP contribution in [0.5, 0.6) is 5.75 Å². The normalized spacial score (nSPS) is 11.6. The predicted molar refractivity (Wildman–Crippen MR) is 94.4 cm³/mol. The van der Waals surface area contributed by atoms with Gasteiger partial charge in [-0.05, 0) is 37.1 Å². The molecular weight excluding hydrogens is 312 g/mol. The quantitative estimate of drug-likeness (QED) is 0.537. The number of ether oxygens (including phenoxy) is 1. The van der Waals surface area contributed by atoms with E-state index in [1.54, 1.807) is 11.8 Å². The lowest BCUT2D eigenvalue weighted by Crippen LogP contribution is -2.46. The van der Waals surface area contributed by atoms with E-state index in [1.165, 1.54) is 0 Å². The Morgan fingerprint density at radius 3 is 2.65 bits per heavy atom. The van der Waals surface area contributed by atoms with E-state index in [1.807, 2.05) is 38.1 Å². The zero-order valence-electron chi connectivity index (χ0n) is 14.1. The summed E-state index contributed by atoms with van der Waals surface area (Å²) in [5, 5.41) is -0.191. The summed E-state index contributed by atoms with van der Waals surface area (Å²) in [7, 11) is 0. The molecule has 0 heterocycles. The molecule has 0 bridgehead atoms. The molecule has 5 nitrogen and oxygen atoms in total. The van der Waals surface area contributed by atoms with Crippen LogP contribution in [-0.2, 0) is 16.0 Å². The molecule has 1 atom stereocenters. The standard InChI is InChI=1S/C17H26N2O3S/c1-4-6-11-23-13(3)17(21)19-18-16(20)12-22-15-10-8-7-9-14(15)5-2/h7-10,13H,4-6,11-12H2,1-3H3,(H,18,20)(H,19,21). The van der Waals surface area contributed by atoms with Gasteiger partial charge in [0.2, 0.25) is 0 Å². The summed E-state index contributed by atoms with van der Waals surface area (Å²) in [5.74, 6) is 1.05. The van der Waals surface area contributed by atoms with Crippen molar-refractivity contribution >= 4 is 23.6 Å². The van der Waals surface area contributed by atoms with Gasteiger partial charge in [0, 0.05) is 0 Å². The zero-order chi connectivity index (χ0) is 17.1. The summed E-state index contributed by atoms with van der Waals surface area (Å²) in [5.41, 5.74) is 5.87. The fourth-order valence-corrected chi connectivity index (χ4v) is 2.85. The monoisotopic (exact) mass is 338 g/mol. The minimum absolute atomic E-state index is 0.130. The molecule has 23 heavy (non-hydrogen) atoms. The van der Waals surface area contributed by atoms with Crippen molar-refractivity contribution in [3.05, 3.63) is 29.8 Å². The Morgan fingerprint density at radius 2 is 1.96 bits per heavy atom. The largest absolute Gasteiger partial charge is 0.483 e. The van der Waals surface area contributed by atoms with Crippen LogP contribution < -0.4 is 15.6 Å². The number of hydrazine groups is 1. The first-order valence-electron chi connectivity index (χ1n) is 7.99. The van der Waals surface area contributed by atoms with Gasteiger partial charge in [-0.1, -0.05) is 38.5 Å². The summed E-state index contributed by atoms with van der Waals surface area (Å²) >= 11 is 1.58. The lowest BCUT2D eigenvalue weighted by atomic mass is 10.1. The number of unbranched alkanes of at least 4 members (excludes halogenated alkanes) is 1. The van der Waals surface area contributed by atoms with Crippen LogP contribution in [0.1, 0.15) is 39.2 Å². The molecule has 0 saturated carbocycles. The molecule has 0 aliphatic rings. The predicted octanol–water partition coefficient (Wildman–Crippen LogP) is 2.70. The van der Waals surface area contributed by atoms with E-state index in [2.05, 4.69) is 17.8 Å². The van der Waals surface area contributed by atoms with Crippen LogP contribution in [-0.4, -0.2) is 29.4 Å². The molecule has 0 saturated heterocycles. The Kier molecular flexibility index (Phi) is 9.21. The number of thioether (sulfide) groups is 1. The molecule has 0 aliphatic heterocycles. The number of rotatable bonds is 9. The van der Waals surface area contributed by atoms with Gasteiger partial charge >= 0.3 is 0 Å². The van der Waals surface area contributed by atoms with Crippen molar-refractivity contribution in [2.45, 2.75) is 45.3 Å². The Hall–Kier alpha value is -1.69. The van der Waals surface area contributed by atoms with Gasteiger partial charge in [0.25, 0.3) is 11.8 Å². The van der Waals surface area contributed by atoms with E-state index in [9.17, 15) is 9.59 Å². The van der Waals surface area contributed by atoms with Crippen molar-refractivity contribution in [3.8, 4) is 5.75 Å². The van der Waals surface area contributed by atoms with Crippen LogP contribution >= 0.6 is 11.8 Å². The lowest BCUT2D eigenvalue weighted by molar-refractivity contribution is -0.129. The van der Waals surface area contributed by atoms with E-state index in [0.717, 1.165) is 30.6 Å². The smallest absolute Gasteiger partial charge is 0.276 e. The molecule has 2 amide bonds. The van der Waals surface area contributed by atoms with Crippen molar-refractivity contribution in [2.75, 3.05) is 12.4 Å². The Bertz CT molecular complexity index is 508. The highest BCUT2D eigenvalue weighted by Crippen LogP contribution is 2.17. The maximum atomic E-state index is 11.8. The number of hydrogen-bond donors (Lipinski definition) is 2. The van der Waals surface area contributed by atoms with Crippen molar-refractivity contribution in [1.82, 2.24) is 10.9 Å². The second kappa shape index (κ2) is 10.9. The van der Waals surface area contributed by atoms with Crippen molar-refractivity contribution in [1.29, 1.82) is 0 Å². The number of hydrogen-bond acceptors (Lipinski definition) is 4. The van der Waals surface area contributed by atoms with Crippen molar-refractivity contribution in [3.63, 3.8) is 0 Å². The van der Waals surface area contributed by atoms with Gasteiger partial charge < -0.3 is 4.74 Å². The molecule has 2 N–H and O–H groups in total. The van der Waals surface area contributed by atoms with Gasteiger partial charge in [0.15, 0.2) is 6.61 Å². The molecule has 1 aromatic rings. The molecule has 1 aromatic carbocycles. The van der Waals surface area contributed by atoms with Crippen LogP contribution in [0.25, 0.3) is 0 Å². The summed E-state index contributed by atoms with van der Waals surface area (Å²) in [6, 6.07) is 7.59. The Labute approximate surface area is 142 Å². The maximum Gasteiger partial charge on any atom is 0.276 e. The fourth-order valence-electron chi connectivity index (χ4n) is 1.83. The molecule has 0 aromatic heterocycles. The molecule has 1 unspecified atom stereocenters. The van der Waals surface area contributed by atoms with Gasteiger partial charge in [-0.25, -0.2) is 0 Å². The highest BCUT2D eigenvalue weighted by Gasteiger charge is 2.14. The molecule has 1 rings (SSSR count). The van der Waals surface area contributed by atoms with E-state index >= 15 is 0 Å². The zero-order valence-corrected chi connectivity index (χ0v) is 14.9. The molecule has 0 aliphatic carbocycles. The third kappa shape index (κ3) is 7.41. The summed E-state index contributed by atoms with van der Waals surface area (Å²) in [6.07, 6.45) is 3.02. The third-order valence-electron chi connectivity index (χ3n) is 3.27. The molecule has 0 spiro atoms. The van der Waals surface area contributed by atoms with Gasteiger partial charge in [-0.2, -0.15) is 0 Å². The second-order valence-corrected chi connectivity index (χ2v) is 6.60. The highest BCUT2D eigenvalue weighted by molar-refractivity contribution is 8.00. The maximum absolute atomic E-state index is 11.8. The van der Waals surface area contributed by atoms with Crippen LogP contribution in [0.3, 0.4) is 0 Å². The van der Waals surface area contributed by atoms with Gasteiger partial charge in [-0.3, -0.25) is 20.4 Å². The Morgan fingerprint density at radius 1 is 1.22 bits per heavy atom. The molecule has 0 radical (unpaired) electrons. The first kappa shape index (κ1) is 19.4. The fraction of sp³-hybridized carbons (Fsp3) is 0.529. The van der Waals surface area contributed by atoms with Crippen LogP contribution in [0.2, 0.25) is 0 Å². The molecule has 128 valence electrons.